The lowest BCUT2D eigenvalue weighted by atomic mass is 10.1. The lowest BCUT2D eigenvalue weighted by Crippen LogP contribution is -2.22. The lowest BCUT2D eigenvalue weighted by molar-refractivity contribution is -0.0885. The van der Waals surface area contributed by atoms with Gasteiger partial charge in [0, 0.05) is 34.6 Å². The molecule has 6 heteroatoms. The number of rotatable bonds is 3. The first-order valence-electron chi connectivity index (χ1n) is 6.45. The van der Waals surface area contributed by atoms with Crippen molar-refractivity contribution in [3.05, 3.63) is 53.9 Å². The van der Waals surface area contributed by atoms with Gasteiger partial charge in [-0.05, 0) is 24.1 Å². The number of hydrogen-bond acceptors (Lipinski definition) is 2. The summed E-state index contributed by atoms with van der Waals surface area (Å²) in [6, 6.07) is 9.30. The Balaban J connectivity index is 1.68. The van der Waals surface area contributed by atoms with Gasteiger partial charge in [0.15, 0.2) is 0 Å². The maximum Gasteiger partial charge on any atom is 0.454 e. The van der Waals surface area contributed by atoms with Crippen LogP contribution in [0.1, 0.15) is 15.9 Å². The van der Waals surface area contributed by atoms with E-state index in [0.717, 1.165) is 6.42 Å². The fourth-order valence-electron chi connectivity index (χ4n) is 2.44. The molecule has 0 spiro atoms. The summed E-state index contributed by atoms with van der Waals surface area (Å²) < 4.78 is 38.8. The van der Waals surface area contributed by atoms with Crippen molar-refractivity contribution in [3.63, 3.8) is 0 Å². The first-order chi connectivity index (χ1) is 9.93. The normalized spacial score (nSPS) is 17.8. The molecular weight excluding hydrogens is 299 g/mol. The van der Waals surface area contributed by atoms with Crippen LogP contribution in [0.3, 0.4) is 0 Å². The number of carbonyl (C=O) groups is 1. The molecule has 3 rings (SSSR count). The monoisotopic (exact) mass is 311 g/mol. The number of hydrogen-bond donors (Lipinski definition) is 0. The highest BCUT2D eigenvalue weighted by Gasteiger charge is 2.39. The van der Waals surface area contributed by atoms with Crippen LogP contribution in [0.5, 0.6) is 0 Å². The van der Waals surface area contributed by atoms with Gasteiger partial charge in [0.2, 0.25) is 0 Å². The average Bonchev–Trinajstić information content (AvgIpc) is 3.03. The molecule has 2 aromatic rings. The second kappa shape index (κ2) is 5.26. The number of benzene rings is 1. The number of Topliss-reactive ketones (excluding diaryl/α,β-unsaturated/α-hetero) is 1. The van der Waals surface area contributed by atoms with E-state index in [-0.39, 0.29) is 10.8 Å². The summed E-state index contributed by atoms with van der Waals surface area (Å²) in [4.78, 5) is 12.4. The standard InChI is InChI=1S/C15H12F3NOS/c16-15(17,18)14(20)11-5-6-19(8-11)9-12-7-10-3-1-2-4-13(10)21-12/h1-6,8,12H,7,9H2. The minimum absolute atomic E-state index is 0.281. The van der Waals surface area contributed by atoms with Gasteiger partial charge in [-0.1, -0.05) is 18.2 Å². The largest absolute Gasteiger partial charge is 0.454 e. The van der Waals surface area contributed by atoms with E-state index in [1.807, 2.05) is 18.2 Å². The summed E-state index contributed by atoms with van der Waals surface area (Å²) in [6.07, 6.45) is -1.12. The molecule has 0 saturated carbocycles. The Morgan fingerprint density at radius 1 is 1.29 bits per heavy atom. The molecule has 1 aliphatic rings. The number of carbonyl (C=O) groups excluding carboxylic acids is 1. The van der Waals surface area contributed by atoms with Crippen molar-refractivity contribution >= 4 is 17.5 Å². The molecule has 1 aromatic heterocycles. The van der Waals surface area contributed by atoms with Gasteiger partial charge in [-0.25, -0.2) is 0 Å². The van der Waals surface area contributed by atoms with Crippen LogP contribution in [0.25, 0.3) is 0 Å². The molecule has 1 aromatic carbocycles. The highest BCUT2D eigenvalue weighted by molar-refractivity contribution is 8.00. The summed E-state index contributed by atoms with van der Waals surface area (Å²) in [5.41, 5.74) is 0.967. The number of nitrogens with zero attached hydrogens (tertiary/aromatic N) is 1. The Morgan fingerprint density at radius 2 is 2.05 bits per heavy atom. The average molecular weight is 311 g/mol. The van der Waals surface area contributed by atoms with Crippen LogP contribution in [0.4, 0.5) is 13.2 Å². The molecular formula is C15H12F3NOS. The van der Waals surface area contributed by atoms with E-state index < -0.39 is 12.0 Å². The topological polar surface area (TPSA) is 22.0 Å². The van der Waals surface area contributed by atoms with Crippen molar-refractivity contribution in [2.75, 3.05) is 0 Å². The van der Waals surface area contributed by atoms with E-state index in [2.05, 4.69) is 6.07 Å². The van der Waals surface area contributed by atoms with Gasteiger partial charge < -0.3 is 4.57 Å². The molecule has 0 saturated heterocycles. The molecule has 0 N–H and O–H groups in total. The smallest absolute Gasteiger partial charge is 0.352 e. The highest BCUT2D eigenvalue weighted by atomic mass is 32.2. The third-order valence-corrected chi connectivity index (χ3v) is 4.70. The van der Waals surface area contributed by atoms with Crippen molar-refractivity contribution in [1.29, 1.82) is 0 Å². The molecule has 2 nitrogen and oxygen atoms in total. The van der Waals surface area contributed by atoms with E-state index in [4.69, 9.17) is 0 Å². The predicted octanol–water partition coefficient (Wildman–Crippen LogP) is 3.95. The maximum atomic E-state index is 12.4. The first-order valence-corrected chi connectivity index (χ1v) is 7.33. The lowest BCUT2D eigenvalue weighted by Gasteiger charge is -2.09. The van der Waals surface area contributed by atoms with Crippen LogP contribution < -0.4 is 0 Å². The Bertz CT molecular complexity index is 653. The fourth-order valence-corrected chi connectivity index (χ4v) is 3.77. The van der Waals surface area contributed by atoms with Gasteiger partial charge in [-0.3, -0.25) is 4.79 Å². The second-order valence-corrected chi connectivity index (χ2v) is 6.32. The molecule has 0 bridgehead atoms. The molecule has 0 amide bonds. The summed E-state index contributed by atoms with van der Waals surface area (Å²) in [5.74, 6) is -1.79. The van der Waals surface area contributed by atoms with Crippen LogP contribution in [-0.2, 0) is 13.0 Å². The SMILES string of the molecule is O=C(c1ccn(CC2Cc3ccccc3S2)c1)C(F)(F)F. The summed E-state index contributed by atoms with van der Waals surface area (Å²) in [7, 11) is 0. The van der Waals surface area contributed by atoms with Crippen molar-refractivity contribution in [2.45, 2.75) is 29.3 Å². The zero-order valence-corrected chi connectivity index (χ0v) is 11.7. The fraction of sp³-hybridized carbons (Fsp3) is 0.267. The van der Waals surface area contributed by atoms with E-state index in [1.165, 1.54) is 28.9 Å². The quantitative estimate of drug-likeness (QED) is 0.801. The van der Waals surface area contributed by atoms with Gasteiger partial charge in [-0.15, -0.1) is 11.8 Å². The molecule has 0 fully saturated rings. The zero-order chi connectivity index (χ0) is 15.0. The number of halogens is 3. The van der Waals surface area contributed by atoms with Crippen LogP contribution in [0, 0.1) is 0 Å². The first kappa shape index (κ1) is 14.3. The van der Waals surface area contributed by atoms with Gasteiger partial charge >= 0.3 is 6.18 Å². The molecule has 2 heterocycles. The van der Waals surface area contributed by atoms with E-state index in [0.29, 0.717) is 6.54 Å². The number of aromatic nitrogens is 1. The van der Waals surface area contributed by atoms with Crippen LogP contribution in [-0.4, -0.2) is 21.8 Å². The molecule has 0 radical (unpaired) electrons. The predicted molar refractivity (Wildman–Crippen MR) is 74.6 cm³/mol. The summed E-state index contributed by atoms with van der Waals surface area (Å²) >= 11 is 1.73. The summed E-state index contributed by atoms with van der Waals surface area (Å²) in [6.45, 7) is 0.588. The van der Waals surface area contributed by atoms with Gasteiger partial charge in [0.25, 0.3) is 5.78 Å². The van der Waals surface area contributed by atoms with E-state index in [1.54, 1.807) is 16.3 Å². The van der Waals surface area contributed by atoms with Crippen molar-refractivity contribution in [3.8, 4) is 0 Å². The Hall–Kier alpha value is -1.69. The van der Waals surface area contributed by atoms with E-state index >= 15 is 0 Å². The zero-order valence-electron chi connectivity index (χ0n) is 10.9. The van der Waals surface area contributed by atoms with Crippen LogP contribution >= 0.6 is 11.8 Å². The van der Waals surface area contributed by atoms with Crippen LogP contribution in [0.15, 0.2) is 47.6 Å². The van der Waals surface area contributed by atoms with Gasteiger partial charge in [-0.2, -0.15) is 13.2 Å². The minimum atomic E-state index is -4.81. The molecule has 110 valence electrons. The number of fused-ring (bicyclic) bond motifs is 1. The molecule has 21 heavy (non-hydrogen) atoms. The van der Waals surface area contributed by atoms with Crippen molar-refractivity contribution in [2.24, 2.45) is 0 Å². The van der Waals surface area contributed by atoms with Gasteiger partial charge in [0.05, 0.1) is 0 Å². The Morgan fingerprint density at radius 3 is 2.76 bits per heavy atom. The van der Waals surface area contributed by atoms with Crippen LogP contribution in [0.2, 0.25) is 0 Å². The number of ketones is 1. The molecule has 1 atom stereocenters. The van der Waals surface area contributed by atoms with Crippen molar-refractivity contribution < 1.29 is 18.0 Å². The highest BCUT2D eigenvalue weighted by Crippen LogP contribution is 2.37. The summed E-state index contributed by atoms with van der Waals surface area (Å²) in [5, 5.41) is 0.281. The molecule has 1 unspecified atom stereocenters. The number of alkyl halides is 3. The number of thioether (sulfide) groups is 1. The molecule has 0 aliphatic carbocycles. The third kappa shape index (κ3) is 3.00. The Labute approximate surface area is 124 Å². The third-order valence-electron chi connectivity index (χ3n) is 3.40. The maximum absolute atomic E-state index is 12.4. The minimum Gasteiger partial charge on any atom is -0.352 e. The second-order valence-electron chi connectivity index (χ2n) is 4.98. The Kier molecular flexibility index (Phi) is 3.57. The van der Waals surface area contributed by atoms with Crippen molar-refractivity contribution in [1.82, 2.24) is 4.57 Å². The molecule has 1 aliphatic heterocycles. The van der Waals surface area contributed by atoms with E-state index in [9.17, 15) is 18.0 Å². The van der Waals surface area contributed by atoms with Gasteiger partial charge in [0.1, 0.15) is 0 Å².